The van der Waals surface area contributed by atoms with Gasteiger partial charge in [-0.15, -0.1) is 11.3 Å². The number of hydrogen-bond donors (Lipinski definition) is 0. The normalized spacial score (nSPS) is 16.7. The number of thiazole rings is 1. The average Bonchev–Trinajstić information content (AvgIpc) is 3.17. The third-order valence-corrected chi connectivity index (χ3v) is 4.52. The monoisotopic (exact) mass is 343 g/mol. The molecule has 0 N–H and O–H groups in total. The van der Waals surface area contributed by atoms with Gasteiger partial charge in [-0.3, -0.25) is 0 Å². The van der Waals surface area contributed by atoms with E-state index in [2.05, 4.69) is 4.98 Å². The number of hydrogen-bond acceptors (Lipinski definition) is 6. The van der Waals surface area contributed by atoms with Gasteiger partial charge in [0.05, 0.1) is 17.6 Å². The number of aromatic carboxylic acids is 1. The van der Waals surface area contributed by atoms with E-state index in [9.17, 15) is 14.3 Å². The van der Waals surface area contributed by atoms with Gasteiger partial charge >= 0.3 is 18.9 Å². The Balaban J connectivity index is 0.00000208. The molecule has 3 rings (SSSR count). The first-order valence-corrected chi connectivity index (χ1v) is 8.08. The van der Waals surface area contributed by atoms with Crippen LogP contribution in [0.15, 0.2) is 18.3 Å². The Kier molecular flexibility index (Phi) is 6.41. The van der Waals surface area contributed by atoms with Crippen molar-refractivity contribution in [1.82, 2.24) is 4.98 Å². The zero-order valence-electron chi connectivity index (χ0n) is 13.5. The first-order chi connectivity index (χ1) is 11.0. The molecule has 24 heavy (non-hydrogen) atoms. The number of aryl methyl sites for hydroxylation is 1. The van der Waals surface area contributed by atoms with E-state index in [-0.39, 0.29) is 36.3 Å². The van der Waals surface area contributed by atoms with E-state index in [1.807, 2.05) is 6.92 Å². The maximum Gasteiger partial charge on any atom is 1.00 e. The molecule has 1 aromatic carbocycles. The molecule has 1 saturated heterocycles. The second kappa shape index (κ2) is 8.12. The molecule has 0 amide bonds. The Bertz CT molecular complexity index is 731. The van der Waals surface area contributed by atoms with Crippen LogP contribution in [0.2, 0.25) is 0 Å². The second-order valence-electron chi connectivity index (χ2n) is 5.34. The van der Waals surface area contributed by atoms with Crippen LogP contribution >= 0.6 is 11.3 Å². The van der Waals surface area contributed by atoms with Gasteiger partial charge in [0.2, 0.25) is 0 Å². The number of aromatic nitrogens is 1. The van der Waals surface area contributed by atoms with Crippen LogP contribution < -0.4 is 28.7 Å². The second-order valence-corrected chi connectivity index (χ2v) is 6.58. The van der Waals surface area contributed by atoms with E-state index in [1.54, 1.807) is 6.20 Å². The third kappa shape index (κ3) is 4.17. The first kappa shape index (κ1) is 18.9. The van der Waals surface area contributed by atoms with Gasteiger partial charge in [0.25, 0.3) is 0 Å². The number of carbonyl (C=O) groups is 1. The predicted molar refractivity (Wildman–Crippen MR) is 81.0 cm³/mol. The van der Waals surface area contributed by atoms with Crippen LogP contribution in [0, 0.1) is 12.7 Å². The van der Waals surface area contributed by atoms with Crippen molar-refractivity contribution >= 4 is 17.3 Å². The fourth-order valence-corrected chi connectivity index (χ4v) is 3.20. The maximum atomic E-state index is 14.4. The summed E-state index contributed by atoms with van der Waals surface area (Å²) in [4.78, 5) is 16.2. The quantitative estimate of drug-likeness (QED) is 0.664. The van der Waals surface area contributed by atoms with Crippen molar-refractivity contribution in [3.8, 4) is 16.3 Å². The summed E-state index contributed by atoms with van der Waals surface area (Å²) in [5, 5.41) is 11.6. The molecule has 2 aromatic rings. The number of carbonyl (C=O) groups excluding carboxylic acids is 1. The number of halogens is 1. The summed E-state index contributed by atoms with van der Waals surface area (Å²) < 4.78 is 25.5. The molecule has 0 aliphatic carbocycles. The first-order valence-electron chi connectivity index (χ1n) is 7.26. The Morgan fingerprint density at radius 1 is 1.54 bits per heavy atom. The van der Waals surface area contributed by atoms with Crippen molar-refractivity contribution in [3.63, 3.8) is 0 Å². The average molecular weight is 343 g/mol. The molecular formula is C16H15FLiNO4S. The standard InChI is InChI=1S/C16H16FNO4S.Li/c1-9-7-18-15(23-9)12-5-11(6-13(14(12)17)16(19)20)22-8-10-3-2-4-21-10;/h5-7,10H,2-4,8H2,1H3,(H,19,20);/q;+1/p-1/t10-;/m1./s1. The van der Waals surface area contributed by atoms with Crippen molar-refractivity contribution in [2.24, 2.45) is 0 Å². The van der Waals surface area contributed by atoms with Crippen molar-refractivity contribution < 1.29 is 42.6 Å². The van der Waals surface area contributed by atoms with Gasteiger partial charge in [-0.05, 0) is 31.9 Å². The molecule has 1 atom stereocenters. The summed E-state index contributed by atoms with van der Waals surface area (Å²) in [5.74, 6) is -2.17. The van der Waals surface area contributed by atoms with Crippen molar-refractivity contribution in [2.75, 3.05) is 13.2 Å². The minimum Gasteiger partial charge on any atom is -0.545 e. The molecule has 5 nitrogen and oxygen atoms in total. The Labute approximate surface area is 155 Å². The number of ether oxygens (including phenoxy) is 2. The molecular weight excluding hydrogens is 328 g/mol. The van der Waals surface area contributed by atoms with E-state index in [0.717, 1.165) is 23.8 Å². The van der Waals surface area contributed by atoms with Crippen molar-refractivity contribution in [1.29, 1.82) is 0 Å². The van der Waals surface area contributed by atoms with Crippen LogP contribution in [0.1, 0.15) is 28.1 Å². The summed E-state index contributed by atoms with van der Waals surface area (Å²) in [6, 6.07) is 2.61. The van der Waals surface area contributed by atoms with Crippen LogP contribution in [-0.2, 0) is 4.74 Å². The van der Waals surface area contributed by atoms with E-state index < -0.39 is 17.3 Å². The molecule has 0 unspecified atom stereocenters. The number of nitrogens with zero attached hydrogens (tertiary/aromatic N) is 1. The molecule has 1 aliphatic heterocycles. The van der Waals surface area contributed by atoms with Gasteiger partial charge in [-0.1, -0.05) is 0 Å². The number of carboxylic acids is 1. The van der Waals surface area contributed by atoms with Gasteiger partial charge < -0.3 is 19.4 Å². The van der Waals surface area contributed by atoms with Crippen LogP contribution in [0.5, 0.6) is 5.75 Å². The SMILES string of the molecule is Cc1cnc(-c2cc(OC[C@H]3CCCO3)cc(C(=O)[O-])c2F)s1.[Li+]. The summed E-state index contributed by atoms with van der Waals surface area (Å²) >= 11 is 1.28. The molecule has 1 aromatic heterocycles. The zero-order valence-corrected chi connectivity index (χ0v) is 14.3. The van der Waals surface area contributed by atoms with E-state index in [4.69, 9.17) is 9.47 Å². The van der Waals surface area contributed by atoms with Crippen molar-refractivity contribution in [3.05, 3.63) is 34.6 Å². The summed E-state index contributed by atoms with van der Waals surface area (Å²) in [7, 11) is 0. The molecule has 0 bridgehead atoms. The van der Waals surface area contributed by atoms with Gasteiger partial charge in [0.1, 0.15) is 23.2 Å². The van der Waals surface area contributed by atoms with E-state index in [1.165, 1.54) is 17.4 Å². The number of carboxylic acid groups (broad SMARTS) is 1. The summed E-state index contributed by atoms with van der Waals surface area (Å²) in [6.45, 7) is 2.84. The smallest absolute Gasteiger partial charge is 0.545 e. The maximum absolute atomic E-state index is 14.4. The Hall–Kier alpha value is -1.39. The molecule has 122 valence electrons. The largest absolute Gasteiger partial charge is 1.00 e. The van der Waals surface area contributed by atoms with Gasteiger partial charge in [0.15, 0.2) is 0 Å². The summed E-state index contributed by atoms with van der Waals surface area (Å²) in [6.07, 6.45) is 3.47. The zero-order chi connectivity index (χ0) is 16.4. The van der Waals surface area contributed by atoms with Gasteiger partial charge in [-0.2, -0.15) is 0 Å². The topological polar surface area (TPSA) is 71.5 Å². The Morgan fingerprint density at radius 2 is 2.33 bits per heavy atom. The number of rotatable bonds is 5. The molecule has 1 fully saturated rings. The van der Waals surface area contributed by atoms with Crippen LogP contribution in [-0.4, -0.2) is 30.3 Å². The molecule has 8 heteroatoms. The van der Waals surface area contributed by atoms with E-state index in [0.29, 0.717) is 18.2 Å². The molecule has 0 saturated carbocycles. The van der Waals surface area contributed by atoms with Crippen LogP contribution in [0.25, 0.3) is 10.6 Å². The van der Waals surface area contributed by atoms with Crippen LogP contribution in [0.4, 0.5) is 4.39 Å². The molecule has 1 aliphatic rings. The fourth-order valence-electron chi connectivity index (χ4n) is 2.43. The third-order valence-electron chi connectivity index (χ3n) is 3.58. The minimum atomic E-state index is -1.58. The van der Waals surface area contributed by atoms with Crippen LogP contribution in [0.3, 0.4) is 0 Å². The summed E-state index contributed by atoms with van der Waals surface area (Å²) in [5.41, 5.74) is -0.426. The van der Waals surface area contributed by atoms with E-state index >= 15 is 0 Å². The predicted octanol–water partition coefficient (Wildman–Crippen LogP) is -0.817. The molecule has 0 spiro atoms. The number of benzene rings is 1. The minimum absolute atomic E-state index is 0. The van der Waals surface area contributed by atoms with Gasteiger partial charge in [-0.25, -0.2) is 9.37 Å². The molecule has 2 heterocycles. The molecule has 0 radical (unpaired) electrons. The van der Waals surface area contributed by atoms with Gasteiger partial charge in [0, 0.05) is 23.2 Å². The fraction of sp³-hybridized carbons (Fsp3) is 0.375. The van der Waals surface area contributed by atoms with Crippen molar-refractivity contribution in [2.45, 2.75) is 25.9 Å². The Morgan fingerprint density at radius 3 is 2.92 bits per heavy atom.